The van der Waals surface area contributed by atoms with Crippen molar-refractivity contribution < 1.29 is 14.2 Å². The zero-order chi connectivity index (χ0) is 24.3. The van der Waals surface area contributed by atoms with Crippen LogP contribution in [0.2, 0.25) is 0 Å². The predicted octanol–water partition coefficient (Wildman–Crippen LogP) is 3.37. The molecule has 0 amide bonds. The van der Waals surface area contributed by atoms with Crippen molar-refractivity contribution in [1.82, 2.24) is 25.1 Å². The lowest BCUT2D eigenvalue weighted by atomic mass is 10.00. The van der Waals surface area contributed by atoms with Gasteiger partial charge in [0.2, 0.25) is 0 Å². The molecule has 0 N–H and O–H groups in total. The number of rotatable bonds is 7. The molecule has 2 aromatic carbocycles. The molecule has 182 valence electrons. The first-order valence-corrected chi connectivity index (χ1v) is 11.5. The largest absolute Gasteiger partial charge is 0.497 e. The fourth-order valence-electron chi connectivity index (χ4n) is 4.43. The Morgan fingerprint density at radius 1 is 0.824 bits per heavy atom. The van der Waals surface area contributed by atoms with Gasteiger partial charge in [0, 0.05) is 37.4 Å². The van der Waals surface area contributed by atoms with Crippen LogP contribution in [0.15, 0.2) is 42.5 Å². The number of methoxy groups -OCH3 is 3. The quantitative estimate of drug-likeness (QED) is 0.525. The Balaban J connectivity index is 1.68. The molecule has 0 spiro atoms. The van der Waals surface area contributed by atoms with Crippen LogP contribution in [0.25, 0.3) is 0 Å². The Morgan fingerprint density at radius 3 is 2.06 bits per heavy atom. The predicted molar refractivity (Wildman–Crippen MR) is 131 cm³/mol. The van der Waals surface area contributed by atoms with Crippen LogP contribution in [0.1, 0.15) is 38.2 Å². The Bertz CT molecular complexity index is 1080. The third-order valence-corrected chi connectivity index (χ3v) is 6.22. The van der Waals surface area contributed by atoms with E-state index in [1.54, 1.807) is 21.3 Å². The molecular weight excluding hydrogens is 432 g/mol. The van der Waals surface area contributed by atoms with E-state index in [9.17, 15) is 0 Å². The van der Waals surface area contributed by atoms with Gasteiger partial charge in [-0.1, -0.05) is 0 Å². The minimum absolute atomic E-state index is 0.183. The highest BCUT2D eigenvalue weighted by atomic mass is 16.5. The van der Waals surface area contributed by atoms with E-state index >= 15 is 0 Å². The minimum Gasteiger partial charge on any atom is -0.497 e. The van der Waals surface area contributed by atoms with Crippen LogP contribution in [-0.4, -0.2) is 72.6 Å². The first kappa shape index (κ1) is 23.8. The summed E-state index contributed by atoms with van der Waals surface area (Å²) < 4.78 is 18.5. The average Bonchev–Trinajstić information content (AvgIpc) is 3.35. The third-order valence-electron chi connectivity index (χ3n) is 6.22. The summed E-state index contributed by atoms with van der Waals surface area (Å²) in [6.45, 7) is 9.76. The van der Waals surface area contributed by atoms with Gasteiger partial charge in [0.15, 0.2) is 5.82 Å². The van der Waals surface area contributed by atoms with E-state index in [2.05, 4.69) is 58.2 Å². The first-order chi connectivity index (χ1) is 16.4. The molecule has 0 radical (unpaired) electrons. The summed E-state index contributed by atoms with van der Waals surface area (Å²) >= 11 is 0. The van der Waals surface area contributed by atoms with Gasteiger partial charge in [-0.05, 0) is 73.7 Å². The van der Waals surface area contributed by atoms with Gasteiger partial charge in [-0.3, -0.25) is 4.90 Å². The number of aromatic nitrogens is 4. The lowest BCUT2D eigenvalue weighted by Crippen LogP contribution is -2.48. The lowest BCUT2D eigenvalue weighted by molar-refractivity contribution is 0.188. The molecule has 0 bridgehead atoms. The van der Waals surface area contributed by atoms with Crippen molar-refractivity contribution in [1.29, 1.82) is 0 Å². The summed E-state index contributed by atoms with van der Waals surface area (Å²) in [4.78, 5) is 4.81. The monoisotopic (exact) mass is 466 g/mol. The number of nitrogens with zero attached hydrogens (tertiary/aromatic N) is 6. The smallest absolute Gasteiger partial charge is 0.173 e. The molecule has 0 saturated carbocycles. The Morgan fingerprint density at radius 2 is 1.47 bits per heavy atom. The van der Waals surface area contributed by atoms with E-state index in [4.69, 9.17) is 14.2 Å². The minimum atomic E-state index is -0.270. The van der Waals surface area contributed by atoms with Gasteiger partial charge in [-0.15, -0.1) is 5.10 Å². The molecule has 4 rings (SSSR count). The van der Waals surface area contributed by atoms with Crippen molar-refractivity contribution in [2.45, 2.75) is 32.4 Å². The van der Waals surface area contributed by atoms with Crippen molar-refractivity contribution in [2.24, 2.45) is 0 Å². The molecule has 0 unspecified atom stereocenters. The number of hydrogen-bond donors (Lipinski definition) is 0. The van der Waals surface area contributed by atoms with Crippen LogP contribution in [0.3, 0.4) is 0 Å². The molecule has 1 atom stereocenters. The second-order valence-electron chi connectivity index (χ2n) is 9.35. The Labute approximate surface area is 201 Å². The van der Waals surface area contributed by atoms with Crippen molar-refractivity contribution in [3.05, 3.63) is 53.9 Å². The van der Waals surface area contributed by atoms with Gasteiger partial charge >= 0.3 is 0 Å². The van der Waals surface area contributed by atoms with Crippen molar-refractivity contribution in [3.63, 3.8) is 0 Å². The van der Waals surface area contributed by atoms with E-state index in [1.807, 2.05) is 35.0 Å². The normalized spacial score (nSPS) is 15.8. The van der Waals surface area contributed by atoms with Gasteiger partial charge in [-0.2, -0.15) is 0 Å². The number of hydrogen-bond acceptors (Lipinski definition) is 8. The molecule has 1 aromatic heterocycles. The maximum absolute atomic E-state index is 5.77. The van der Waals surface area contributed by atoms with Crippen LogP contribution in [0, 0.1) is 0 Å². The Hall–Kier alpha value is -3.33. The second kappa shape index (κ2) is 9.89. The Kier molecular flexibility index (Phi) is 6.92. The van der Waals surface area contributed by atoms with E-state index in [0.29, 0.717) is 0 Å². The van der Waals surface area contributed by atoms with Crippen molar-refractivity contribution in [2.75, 3.05) is 52.4 Å². The molecule has 2 heterocycles. The molecule has 9 heteroatoms. The summed E-state index contributed by atoms with van der Waals surface area (Å²) in [6, 6.07) is 13.9. The number of tetrazole rings is 1. The highest BCUT2D eigenvalue weighted by molar-refractivity contribution is 5.50. The van der Waals surface area contributed by atoms with E-state index in [1.165, 1.54) is 5.69 Å². The lowest BCUT2D eigenvalue weighted by Gasteiger charge is -2.40. The molecule has 0 aliphatic carbocycles. The molecule has 1 saturated heterocycles. The van der Waals surface area contributed by atoms with Gasteiger partial charge in [-0.25, -0.2) is 4.68 Å². The van der Waals surface area contributed by atoms with Crippen LogP contribution in [-0.2, 0) is 5.54 Å². The maximum atomic E-state index is 5.77. The summed E-state index contributed by atoms with van der Waals surface area (Å²) in [6.07, 6.45) is 0. The molecular formula is C25H34N6O3. The van der Waals surface area contributed by atoms with Gasteiger partial charge in [0.25, 0.3) is 0 Å². The summed E-state index contributed by atoms with van der Waals surface area (Å²) in [7, 11) is 5.05. The number of ether oxygens (including phenoxy) is 3. The highest BCUT2D eigenvalue weighted by Crippen LogP contribution is 2.38. The van der Waals surface area contributed by atoms with Gasteiger partial charge < -0.3 is 19.1 Å². The highest BCUT2D eigenvalue weighted by Gasteiger charge is 2.35. The SMILES string of the molecule is COc1ccc(N2CCN([C@@H](c3cc(OC)ccc3OC)c3nnnn3C(C)(C)C)CC2)cc1. The standard InChI is InChI=1S/C25H34N6O3/c1-25(2,3)31-24(26-27-28-31)23(21-17-20(33-5)11-12-22(21)34-6)30-15-13-29(14-16-30)18-7-9-19(32-4)10-8-18/h7-12,17,23H,13-16H2,1-6H3/t23-/m0/s1. The van der Waals surface area contributed by atoms with Gasteiger partial charge in [0.1, 0.15) is 23.3 Å². The third kappa shape index (κ3) is 4.79. The zero-order valence-electron chi connectivity index (χ0n) is 20.9. The van der Waals surface area contributed by atoms with Crippen molar-refractivity contribution in [3.8, 4) is 17.2 Å². The van der Waals surface area contributed by atoms with Gasteiger partial charge in [0.05, 0.1) is 26.9 Å². The van der Waals surface area contributed by atoms with Crippen LogP contribution in [0.5, 0.6) is 17.2 Å². The zero-order valence-corrected chi connectivity index (χ0v) is 20.9. The summed E-state index contributed by atoms with van der Waals surface area (Å²) in [5, 5.41) is 12.9. The number of benzene rings is 2. The molecule has 3 aromatic rings. The summed E-state index contributed by atoms with van der Waals surface area (Å²) in [5.41, 5.74) is 1.91. The molecule has 1 aliphatic rings. The fourth-order valence-corrected chi connectivity index (χ4v) is 4.43. The first-order valence-electron chi connectivity index (χ1n) is 11.5. The van der Waals surface area contributed by atoms with E-state index in [-0.39, 0.29) is 11.6 Å². The maximum Gasteiger partial charge on any atom is 0.173 e. The van der Waals surface area contributed by atoms with E-state index < -0.39 is 0 Å². The fraction of sp³-hybridized carbons (Fsp3) is 0.480. The topological polar surface area (TPSA) is 77.8 Å². The van der Waals surface area contributed by atoms with Crippen LogP contribution < -0.4 is 19.1 Å². The summed E-state index contributed by atoms with van der Waals surface area (Å²) in [5.74, 6) is 3.21. The molecule has 9 nitrogen and oxygen atoms in total. The molecule has 1 aliphatic heterocycles. The second-order valence-corrected chi connectivity index (χ2v) is 9.35. The van der Waals surface area contributed by atoms with E-state index in [0.717, 1.165) is 54.8 Å². The average molecular weight is 467 g/mol. The number of piperazine rings is 1. The molecule has 1 fully saturated rings. The molecule has 34 heavy (non-hydrogen) atoms. The van der Waals surface area contributed by atoms with Crippen LogP contribution in [0.4, 0.5) is 5.69 Å². The van der Waals surface area contributed by atoms with Crippen LogP contribution >= 0.6 is 0 Å². The number of anilines is 1. The van der Waals surface area contributed by atoms with Crippen molar-refractivity contribution >= 4 is 5.69 Å².